The smallest absolute Gasteiger partial charge is 0.169 e. The average Bonchev–Trinajstić information content (AvgIpc) is 2.61. The molecule has 3 nitrogen and oxygen atoms in total. The van der Waals surface area contributed by atoms with Gasteiger partial charge in [0.1, 0.15) is 0 Å². The van der Waals surface area contributed by atoms with Crippen molar-refractivity contribution in [2.24, 2.45) is 0 Å². The number of likely N-dealkylation sites (tertiary alicyclic amines) is 1. The molecule has 17 heavy (non-hydrogen) atoms. The SMILES string of the molecule is COc1cccc(CN2CCC(C)(O)C2)c1F. The first-order valence-corrected chi connectivity index (χ1v) is 5.78. The minimum Gasteiger partial charge on any atom is -0.494 e. The standard InChI is InChI=1S/C13H18FNO2/c1-13(16)6-7-15(9-13)8-10-4-3-5-11(17-2)12(10)14/h3-5,16H,6-9H2,1-2H3. The summed E-state index contributed by atoms with van der Waals surface area (Å²) in [7, 11) is 1.46. The summed E-state index contributed by atoms with van der Waals surface area (Å²) in [5, 5.41) is 9.85. The maximum absolute atomic E-state index is 13.9. The third kappa shape index (κ3) is 2.76. The van der Waals surface area contributed by atoms with Crippen molar-refractivity contribution in [3.05, 3.63) is 29.6 Å². The number of hydrogen-bond acceptors (Lipinski definition) is 3. The first kappa shape index (κ1) is 12.3. The number of nitrogens with zero attached hydrogens (tertiary/aromatic N) is 1. The van der Waals surface area contributed by atoms with E-state index in [1.54, 1.807) is 18.2 Å². The van der Waals surface area contributed by atoms with E-state index in [0.717, 1.165) is 13.0 Å². The highest BCUT2D eigenvalue weighted by molar-refractivity contribution is 5.31. The van der Waals surface area contributed by atoms with Crippen LogP contribution in [0, 0.1) is 5.82 Å². The van der Waals surface area contributed by atoms with Gasteiger partial charge in [0.05, 0.1) is 12.7 Å². The number of aliphatic hydroxyl groups is 1. The Kier molecular flexibility index (Phi) is 3.35. The molecule has 1 N–H and O–H groups in total. The molecule has 1 unspecified atom stereocenters. The average molecular weight is 239 g/mol. The summed E-state index contributed by atoms with van der Waals surface area (Å²) in [6.07, 6.45) is 0.735. The molecule has 0 radical (unpaired) electrons. The monoisotopic (exact) mass is 239 g/mol. The molecule has 0 saturated carbocycles. The predicted molar refractivity (Wildman–Crippen MR) is 63.5 cm³/mol. The van der Waals surface area contributed by atoms with Crippen molar-refractivity contribution in [3.8, 4) is 5.75 Å². The summed E-state index contributed by atoms with van der Waals surface area (Å²) in [6.45, 7) is 3.71. The van der Waals surface area contributed by atoms with Gasteiger partial charge in [0, 0.05) is 25.2 Å². The molecular formula is C13H18FNO2. The van der Waals surface area contributed by atoms with Crippen LogP contribution in [0.15, 0.2) is 18.2 Å². The van der Waals surface area contributed by atoms with Crippen molar-refractivity contribution in [2.75, 3.05) is 20.2 Å². The van der Waals surface area contributed by atoms with E-state index in [0.29, 0.717) is 18.7 Å². The van der Waals surface area contributed by atoms with Gasteiger partial charge in [-0.05, 0) is 19.4 Å². The maximum Gasteiger partial charge on any atom is 0.169 e. The number of hydrogen-bond donors (Lipinski definition) is 1. The van der Waals surface area contributed by atoms with Crippen LogP contribution in [0.2, 0.25) is 0 Å². The van der Waals surface area contributed by atoms with Crippen molar-refractivity contribution in [1.29, 1.82) is 0 Å². The number of benzene rings is 1. The zero-order chi connectivity index (χ0) is 12.5. The molecule has 1 saturated heterocycles. The molecule has 1 aromatic carbocycles. The van der Waals surface area contributed by atoms with Gasteiger partial charge in [0.25, 0.3) is 0 Å². The zero-order valence-electron chi connectivity index (χ0n) is 10.2. The minimum absolute atomic E-state index is 0.272. The van der Waals surface area contributed by atoms with Crippen LogP contribution in [-0.4, -0.2) is 35.8 Å². The summed E-state index contributed by atoms with van der Waals surface area (Å²) in [5.41, 5.74) is -0.0305. The lowest BCUT2D eigenvalue weighted by Gasteiger charge is -2.19. The summed E-state index contributed by atoms with van der Waals surface area (Å²) in [5.74, 6) is -0.0324. The summed E-state index contributed by atoms with van der Waals surface area (Å²) in [4.78, 5) is 2.05. The normalized spacial score (nSPS) is 25.2. The van der Waals surface area contributed by atoms with E-state index >= 15 is 0 Å². The maximum atomic E-state index is 13.9. The second kappa shape index (κ2) is 4.63. The number of halogens is 1. The van der Waals surface area contributed by atoms with Crippen LogP contribution >= 0.6 is 0 Å². The Hall–Kier alpha value is -1.13. The highest BCUT2D eigenvalue weighted by atomic mass is 19.1. The zero-order valence-corrected chi connectivity index (χ0v) is 10.2. The molecule has 1 aliphatic rings. The van der Waals surface area contributed by atoms with E-state index in [2.05, 4.69) is 4.90 Å². The van der Waals surface area contributed by atoms with Crippen molar-refractivity contribution in [3.63, 3.8) is 0 Å². The Morgan fingerprint density at radius 3 is 2.88 bits per heavy atom. The fraction of sp³-hybridized carbons (Fsp3) is 0.538. The molecule has 1 aromatic rings. The van der Waals surface area contributed by atoms with Gasteiger partial charge >= 0.3 is 0 Å². The molecule has 94 valence electrons. The van der Waals surface area contributed by atoms with Crippen LogP contribution in [-0.2, 0) is 6.54 Å². The van der Waals surface area contributed by atoms with Gasteiger partial charge in [-0.2, -0.15) is 0 Å². The molecule has 1 fully saturated rings. The Bertz CT molecular complexity index is 406. The molecule has 1 aliphatic heterocycles. The van der Waals surface area contributed by atoms with Crippen LogP contribution in [0.5, 0.6) is 5.75 Å². The fourth-order valence-corrected chi connectivity index (χ4v) is 2.25. The minimum atomic E-state index is -0.644. The third-order valence-corrected chi connectivity index (χ3v) is 3.19. The topological polar surface area (TPSA) is 32.7 Å². The van der Waals surface area contributed by atoms with E-state index in [-0.39, 0.29) is 11.6 Å². The van der Waals surface area contributed by atoms with Crippen molar-refractivity contribution in [1.82, 2.24) is 4.90 Å². The molecule has 2 rings (SSSR count). The van der Waals surface area contributed by atoms with E-state index < -0.39 is 5.60 Å². The number of methoxy groups -OCH3 is 1. The number of β-amino-alcohol motifs (C(OH)–C–C–N with tert-alkyl or cyclic N) is 1. The first-order valence-electron chi connectivity index (χ1n) is 5.78. The Balaban J connectivity index is 2.09. The highest BCUT2D eigenvalue weighted by Crippen LogP contribution is 2.25. The summed E-state index contributed by atoms with van der Waals surface area (Å²) in [6, 6.07) is 5.15. The second-order valence-electron chi connectivity index (χ2n) is 4.89. The van der Waals surface area contributed by atoms with Crippen LogP contribution in [0.25, 0.3) is 0 Å². The lowest BCUT2D eigenvalue weighted by atomic mass is 10.1. The van der Waals surface area contributed by atoms with E-state index in [4.69, 9.17) is 4.74 Å². The largest absolute Gasteiger partial charge is 0.494 e. The van der Waals surface area contributed by atoms with Crippen LogP contribution in [0.4, 0.5) is 4.39 Å². The Morgan fingerprint density at radius 1 is 1.53 bits per heavy atom. The van der Waals surface area contributed by atoms with Crippen molar-refractivity contribution >= 4 is 0 Å². The third-order valence-electron chi connectivity index (χ3n) is 3.19. The molecule has 0 amide bonds. The fourth-order valence-electron chi connectivity index (χ4n) is 2.25. The molecular weight excluding hydrogens is 221 g/mol. The van der Waals surface area contributed by atoms with Crippen LogP contribution < -0.4 is 4.74 Å². The van der Waals surface area contributed by atoms with Gasteiger partial charge in [0.15, 0.2) is 11.6 Å². The molecule has 0 aromatic heterocycles. The van der Waals surface area contributed by atoms with Crippen molar-refractivity contribution in [2.45, 2.75) is 25.5 Å². The van der Waals surface area contributed by atoms with Gasteiger partial charge in [-0.3, -0.25) is 4.90 Å². The van der Waals surface area contributed by atoms with E-state index in [1.807, 2.05) is 6.92 Å². The number of rotatable bonds is 3. The van der Waals surface area contributed by atoms with Gasteiger partial charge in [-0.1, -0.05) is 12.1 Å². The molecule has 1 atom stereocenters. The second-order valence-corrected chi connectivity index (χ2v) is 4.89. The first-order chi connectivity index (χ1) is 8.02. The van der Waals surface area contributed by atoms with Crippen molar-refractivity contribution < 1.29 is 14.2 Å². The number of ether oxygens (including phenoxy) is 1. The lowest BCUT2D eigenvalue weighted by Crippen LogP contribution is -2.29. The van der Waals surface area contributed by atoms with Gasteiger partial charge in [0.2, 0.25) is 0 Å². The van der Waals surface area contributed by atoms with Crippen LogP contribution in [0.3, 0.4) is 0 Å². The molecule has 1 heterocycles. The van der Waals surface area contributed by atoms with Crippen LogP contribution in [0.1, 0.15) is 18.9 Å². The molecule has 4 heteroatoms. The quantitative estimate of drug-likeness (QED) is 0.873. The van der Waals surface area contributed by atoms with Gasteiger partial charge in [-0.25, -0.2) is 4.39 Å². The van der Waals surface area contributed by atoms with E-state index in [9.17, 15) is 9.50 Å². The lowest BCUT2D eigenvalue weighted by molar-refractivity contribution is 0.0677. The molecule has 0 bridgehead atoms. The summed E-state index contributed by atoms with van der Waals surface area (Å²) < 4.78 is 18.9. The Labute approximate surface area is 101 Å². The molecule has 0 spiro atoms. The van der Waals surface area contributed by atoms with Gasteiger partial charge in [-0.15, -0.1) is 0 Å². The summed E-state index contributed by atoms with van der Waals surface area (Å²) >= 11 is 0. The van der Waals surface area contributed by atoms with Gasteiger partial charge < -0.3 is 9.84 Å². The Morgan fingerprint density at radius 2 is 2.29 bits per heavy atom. The molecule has 0 aliphatic carbocycles. The highest BCUT2D eigenvalue weighted by Gasteiger charge is 2.31. The predicted octanol–water partition coefficient (Wildman–Crippen LogP) is 1.79. The van der Waals surface area contributed by atoms with E-state index in [1.165, 1.54) is 7.11 Å².